The molecular formula is C13H19ClN2OS. The first kappa shape index (κ1) is 15.3. The maximum absolute atomic E-state index is 11.8. The molecule has 5 heteroatoms. The number of halogens is 1. The minimum absolute atomic E-state index is 0.0468. The quantitative estimate of drug-likeness (QED) is 0.875. The zero-order valence-corrected chi connectivity index (χ0v) is 12.5. The van der Waals surface area contributed by atoms with Crippen molar-refractivity contribution in [2.24, 2.45) is 5.73 Å². The molecule has 3 nitrogen and oxygen atoms in total. The topological polar surface area (TPSA) is 55.1 Å². The van der Waals surface area contributed by atoms with Crippen LogP contribution < -0.4 is 11.1 Å². The van der Waals surface area contributed by atoms with E-state index < -0.39 is 0 Å². The van der Waals surface area contributed by atoms with Crippen molar-refractivity contribution in [3.05, 3.63) is 28.3 Å². The third-order valence-electron chi connectivity index (χ3n) is 2.31. The average Bonchev–Trinajstić information content (AvgIpc) is 2.22. The molecule has 0 aliphatic rings. The molecule has 1 atom stereocenters. The number of anilines is 1. The minimum atomic E-state index is -0.0468. The second-order valence-electron chi connectivity index (χ2n) is 4.48. The number of nitrogens with two attached hydrogens (primary N) is 1. The molecule has 0 aromatic heterocycles. The molecule has 0 saturated heterocycles. The van der Waals surface area contributed by atoms with E-state index in [9.17, 15) is 4.79 Å². The van der Waals surface area contributed by atoms with Gasteiger partial charge in [-0.1, -0.05) is 17.7 Å². The van der Waals surface area contributed by atoms with Gasteiger partial charge in [0.15, 0.2) is 0 Å². The summed E-state index contributed by atoms with van der Waals surface area (Å²) in [6.07, 6.45) is 0. The summed E-state index contributed by atoms with van der Waals surface area (Å²) in [7, 11) is 0. The predicted molar refractivity (Wildman–Crippen MR) is 80.5 cm³/mol. The van der Waals surface area contributed by atoms with E-state index in [1.807, 2.05) is 32.9 Å². The van der Waals surface area contributed by atoms with Gasteiger partial charge in [-0.15, -0.1) is 0 Å². The first-order valence-corrected chi connectivity index (χ1v) is 7.33. The van der Waals surface area contributed by atoms with Crippen LogP contribution in [0, 0.1) is 13.8 Å². The van der Waals surface area contributed by atoms with Gasteiger partial charge in [-0.2, -0.15) is 11.8 Å². The smallest absolute Gasteiger partial charge is 0.234 e. The third kappa shape index (κ3) is 4.88. The molecular weight excluding hydrogens is 268 g/mol. The summed E-state index contributed by atoms with van der Waals surface area (Å²) in [5.74, 6) is 1.12. The first-order valence-electron chi connectivity index (χ1n) is 5.80. The number of carbonyl (C=O) groups excluding carboxylic acids is 1. The lowest BCUT2D eigenvalue weighted by atomic mass is 10.1. The maximum Gasteiger partial charge on any atom is 0.234 e. The van der Waals surface area contributed by atoms with Crippen molar-refractivity contribution in [1.82, 2.24) is 0 Å². The Labute approximate surface area is 117 Å². The molecule has 0 heterocycles. The summed E-state index contributed by atoms with van der Waals surface area (Å²) >= 11 is 7.65. The highest BCUT2D eigenvalue weighted by molar-refractivity contribution is 8.00. The lowest BCUT2D eigenvalue weighted by molar-refractivity contribution is -0.113. The summed E-state index contributed by atoms with van der Waals surface area (Å²) < 4.78 is 0. The highest BCUT2D eigenvalue weighted by atomic mass is 35.5. The van der Waals surface area contributed by atoms with Gasteiger partial charge in [-0.25, -0.2) is 0 Å². The number of benzene rings is 1. The fourth-order valence-electron chi connectivity index (χ4n) is 1.59. The molecule has 18 heavy (non-hydrogen) atoms. The van der Waals surface area contributed by atoms with Crippen molar-refractivity contribution in [3.63, 3.8) is 0 Å². The van der Waals surface area contributed by atoms with Crippen LogP contribution >= 0.6 is 23.4 Å². The molecule has 1 aromatic rings. The SMILES string of the molecule is Cc1cc(C)c(NC(=O)CSCC(C)N)c(Cl)c1. The number of rotatable bonds is 5. The Morgan fingerprint density at radius 3 is 2.72 bits per heavy atom. The van der Waals surface area contributed by atoms with Crippen LogP contribution in [0.15, 0.2) is 12.1 Å². The van der Waals surface area contributed by atoms with Crippen LogP contribution in [0.25, 0.3) is 0 Å². The van der Waals surface area contributed by atoms with Crippen LogP contribution in [0.4, 0.5) is 5.69 Å². The molecule has 0 fully saturated rings. The number of aryl methyl sites for hydroxylation is 2. The zero-order chi connectivity index (χ0) is 13.7. The number of thioether (sulfide) groups is 1. The van der Waals surface area contributed by atoms with Crippen LogP contribution in [0.5, 0.6) is 0 Å². The number of hydrogen-bond acceptors (Lipinski definition) is 3. The van der Waals surface area contributed by atoms with Crippen LogP contribution in [-0.4, -0.2) is 23.5 Å². The van der Waals surface area contributed by atoms with Crippen LogP contribution in [0.2, 0.25) is 5.02 Å². The molecule has 0 saturated carbocycles. The second kappa shape index (κ2) is 7.02. The molecule has 0 aliphatic carbocycles. The molecule has 1 aromatic carbocycles. The number of hydrogen-bond donors (Lipinski definition) is 2. The average molecular weight is 287 g/mol. The van der Waals surface area contributed by atoms with Gasteiger partial charge >= 0.3 is 0 Å². The molecule has 3 N–H and O–H groups in total. The van der Waals surface area contributed by atoms with Crippen molar-refractivity contribution in [2.45, 2.75) is 26.8 Å². The van der Waals surface area contributed by atoms with E-state index in [1.54, 1.807) is 0 Å². The zero-order valence-electron chi connectivity index (χ0n) is 10.9. The molecule has 0 radical (unpaired) electrons. The fraction of sp³-hybridized carbons (Fsp3) is 0.462. The van der Waals surface area contributed by atoms with E-state index in [1.165, 1.54) is 11.8 Å². The highest BCUT2D eigenvalue weighted by Gasteiger charge is 2.09. The number of nitrogens with one attached hydrogen (secondary N) is 1. The Bertz CT molecular complexity index is 412. The van der Waals surface area contributed by atoms with E-state index in [-0.39, 0.29) is 11.9 Å². The summed E-state index contributed by atoms with van der Waals surface area (Å²) in [4.78, 5) is 11.8. The van der Waals surface area contributed by atoms with Gasteiger partial charge in [0, 0.05) is 11.8 Å². The second-order valence-corrected chi connectivity index (χ2v) is 5.92. The van der Waals surface area contributed by atoms with Gasteiger partial charge in [-0.3, -0.25) is 4.79 Å². The molecule has 1 rings (SSSR count). The van der Waals surface area contributed by atoms with E-state index in [0.717, 1.165) is 16.9 Å². The van der Waals surface area contributed by atoms with Crippen molar-refractivity contribution < 1.29 is 4.79 Å². The van der Waals surface area contributed by atoms with E-state index in [0.29, 0.717) is 16.5 Å². The number of amides is 1. The highest BCUT2D eigenvalue weighted by Crippen LogP contribution is 2.27. The summed E-state index contributed by atoms with van der Waals surface area (Å²) in [5.41, 5.74) is 8.39. The predicted octanol–water partition coefficient (Wildman–Crippen LogP) is 2.98. The molecule has 0 bridgehead atoms. The minimum Gasteiger partial charge on any atom is -0.327 e. The van der Waals surface area contributed by atoms with E-state index >= 15 is 0 Å². The van der Waals surface area contributed by atoms with Gasteiger partial charge in [-0.05, 0) is 38.0 Å². The summed E-state index contributed by atoms with van der Waals surface area (Å²) in [6.45, 7) is 5.83. The Morgan fingerprint density at radius 2 is 2.17 bits per heavy atom. The third-order valence-corrected chi connectivity index (χ3v) is 3.84. The molecule has 100 valence electrons. The summed E-state index contributed by atoms with van der Waals surface area (Å²) in [5, 5.41) is 3.43. The van der Waals surface area contributed by atoms with Crippen molar-refractivity contribution in [3.8, 4) is 0 Å². The van der Waals surface area contributed by atoms with E-state index in [2.05, 4.69) is 5.32 Å². The van der Waals surface area contributed by atoms with Crippen LogP contribution in [0.1, 0.15) is 18.1 Å². The monoisotopic (exact) mass is 286 g/mol. The first-order chi connectivity index (χ1) is 8.40. The molecule has 0 spiro atoms. The van der Waals surface area contributed by atoms with Crippen LogP contribution in [0.3, 0.4) is 0 Å². The van der Waals surface area contributed by atoms with Gasteiger partial charge in [0.2, 0.25) is 5.91 Å². The Kier molecular flexibility index (Phi) is 5.99. The van der Waals surface area contributed by atoms with Gasteiger partial charge < -0.3 is 11.1 Å². The van der Waals surface area contributed by atoms with Crippen molar-refractivity contribution in [1.29, 1.82) is 0 Å². The Morgan fingerprint density at radius 1 is 1.50 bits per heavy atom. The largest absolute Gasteiger partial charge is 0.327 e. The van der Waals surface area contributed by atoms with Gasteiger partial charge in [0.1, 0.15) is 0 Å². The molecule has 1 unspecified atom stereocenters. The summed E-state index contributed by atoms with van der Waals surface area (Å²) in [6, 6.07) is 3.95. The van der Waals surface area contributed by atoms with E-state index in [4.69, 9.17) is 17.3 Å². The van der Waals surface area contributed by atoms with Crippen molar-refractivity contribution >= 4 is 35.0 Å². The van der Waals surface area contributed by atoms with Crippen LogP contribution in [-0.2, 0) is 4.79 Å². The lowest BCUT2D eigenvalue weighted by Crippen LogP contribution is -2.21. The van der Waals surface area contributed by atoms with Crippen molar-refractivity contribution in [2.75, 3.05) is 16.8 Å². The standard InChI is InChI=1S/C13H19ClN2OS/c1-8-4-9(2)13(11(14)5-8)16-12(17)7-18-6-10(3)15/h4-5,10H,6-7,15H2,1-3H3,(H,16,17). The normalized spacial score (nSPS) is 12.3. The molecule has 0 aliphatic heterocycles. The number of carbonyl (C=O) groups is 1. The fourth-order valence-corrected chi connectivity index (χ4v) is 2.70. The van der Waals surface area contributed by atoms with Gasteiger partial charge in [0.05, 0.1) is 16.5 Å². The Hall–Kier alpha value is -0.710. The van der Waals surface area contributed by atoms with Gasteiger partial charge in [0.25, 0.3) is 0 Å². The Balaban J connectivity index is 2.59. The lowest BCUT2D eigenvalue weighted by Gasteiger charge is -2.11. The molecule has 1 amide bonds. The maximum atomic E-state index is 11.8.